The van der Waals surface area contributed by atoms with Crippen molar-refractivity contribution in [1.29, 1.82) is 0 Å². The molecule has 0 spiro atoms. The molecule has 0 saturated heterocycles. The zero-order valence-electron chi connectivity index (χ0n) is 7.73. The largest absolute Gasteiger partial charge is 0.466 e. The molecule has 0 radical (unpaired) electrons. The molecule has 64 valence electrons. The zero-order valence-corrected chi connectivity index (χ0v) is 7.73. The summed E-state index contributed by atoms with van der Waals surface area (Å²) in [6.07, 6.45) is 0.427. The van der Waals surface area contributed by atoms with Crippen LogP contribution in [0.15, 0.2) is 11.1 Å². The summed E-state index contributed by atoms with van der Waals surface area (Å²) in [5.74, 6) is -0.133. The normalized spacial score (nSPS) is 9.09. The molecule has 0 N–H and O–H groups in total. The Morgan fingerprint density at radius 1 is 1.27 bits per heavy atom. The van der Waals surface area contributed by atoms with E-state index >= 15 is 0 Å². The van der Waals surface area contributed by atoms with Crippen molar-refractivity contribution in [3.05, 3.63) is 11.1 Å². The first-order chi connectivity index (χ1) is 5.07. The smallest absolute Gasteiger partial charge is 0.309 e. The van der Waals surface area contributed by atoms with Crippen molar-refractivity contribution in [3.63, 3.8) is 0 Å². The molecule has 11 heavy (non-hydrogen) atoms. The highest BCUT2D eigenvalue weighted by molar-refractivity contribution is 5.72. The molecular weight excluding hydrogens is 140 g/mol. The minimum absolute atomic E-state index is 0.133. The summed E-state index contributed by atoms with van der Waals surface area (Å²) in [5, 5.41) is 0. The van der Waals surface area contributed by atoms with Crippen LogP contribution in [0.2, 0.25) is 0 Å². The maximum absolute atomic E-state index is 10.9. The third kappa shape index (κ3) is 4.59. The lowest BCUT2D eigenvalue weighted by molar-refractivity contribution is -0.142. The molecule has 0 rings (SSSR count). The highest BCUT2D eigenvalue weighted by Crippen LogP contribution is 2.07. The van der Waals surface area contributed by atoms with E-state index < -0.39 is 0 Å². The second kappa shape index (κ2) is 4.94. The molecule has 0 aliphatic heterocycles. The summed E-state index contributed by atoms with van der Waals surface area (Å²) in [4.78, 5) is 10.9. The van der Waals surface area contributed by atoms with E-state index in [9.17, 15) is 4.79 Å². The summed E-state index contributed by atoms with van der Waals surface area (Å²) in [6.45, 7) is 8.22. The van der Waals surface area contributed by atoms with Gasteiger partial charge in [-0.1, -0.05) is 11.1 Å². The lowest BCUT2D eigenvalue weighted by Gasteiger charge is -2.02. The first-order valence-corrected chi connectivity index (χ1v) is 3.86. The molecule has 0 aliphatic rings. The molecule has 0 aromatic rings. The van der Waals surface area contributed by atoms with E-state index in [0.717, 1.165) is 5.57 Å². The Morgan fingerprint density at radius 3 is 2.18 bits per heavy atom. The first-order valence-electron chi connectivity index (χ1n) is 3.86. The number of esters is 1. The third-order valence-electron chi connectivity index (χ3n) is 1.57. The number of hydrogen-bond donors (Lipinski definition) is 0. The Kier molecular flexibility index (Phi) is 4.59. The highest BCUT2D eigenvalue weighted by Gasteiger charge is 2.02. The van der Waals surface area contributed by atoms with Crippen molar-refractivity contribution in [1.82, 2.24) is 0 Å². The molecule has 0 aliphatic carbocycles. The monoisotopic (exact) mass is 156 g/mol. The van der Waals surface area contributed by atoms with Gasteiger partial charge in [0, 0.05) is 0 Å². The van der Waals surface area contributed by atoms with Gasteiger partial charge >= 0.3 is 5.97 Å². The van der Waals surface area contributed by atoms with Gasteiger partial charge in [0.05, 0.1) is 13.0 Å². The molecule has 2 nitrogen and oxygen atoms in total. The van der Waals surface area contributed by atoms with Crippen LogP contribution in [-0.2, 0) is 9.53 Å². The summed E-state index contributed by atoms with van der Waals surface area (Å²) in [5.41, 5.74) is 2.29. The quantitative estimate of drug-likeness (QED) is 0.463. The summed E-state index contributed by atoms with van der Waals surface area (Å²) in [7, 11) is 0. The van der Waals surface area contributed by atoms with E-state index in [4.69, 9.17) is 4.74 Å². The summed E-state index contributed by atoms with van der Waals surface area (Å²) >= 11 is 0. The van der Waals surface area contributed by atoms with E-state index in [-0.39, 0.29) is 5.97 Å². The minimum Gasteiger partial charge on any atom is -0.466 e. The van der Waals surface area contributed by atoms with E-state index in [2.05, 4.69) is 0 Å². The van der Waals surface area contributed by atoms with Crippen molar-refractivity contribution in [2.45, 2.75) is 34.1 Å². The molecule has 2 heteroatoms. The van der Waals surface area contributed by atoms with Gasteiger partial charge in [-0.25, -0.2) is 0 Å². The average molecular weight is 156 g/mol. The van der Waals surface area contributed by atoms with Crippen LogP contribution < -0.4 is 0 Å². The number of rotatable bonds is 3. The lowest BCUT2D eigenvalue weighted by Crippen LogP contribution is -2.04. The van der Waals surface area contributed by atoms with Gasteiger partial charge in [-0.05, 0) is 27.7 Å². The molecule has 0 atom stereocenters. The van der Waals surface area contributed by atoms with E-state index in [1.165, 1.54) is 5.57 Å². The van der Waals surface area contributed by atoms with Crippen LogP contribution in [0.5, 0.6) is 0 Å². The zero-order chi connectivity index (χ0) is 8.85. The SMILES string of the molecule is CCOC(=O)CC(C)=C(C)C. The average Bonchev–Trinajstić information content (AvgIpc) is 1.87. The Morgan fingerprint density at radius 2 is 1.82 bits per heavy atom. The van der Waals surface area contributed by atoms with Crippen molar-refractivity contribution >= 4 is 5.97 Å². The van der Waals surface area contributed by atoms with Crippen LogP contribution in [-0.4, -0.2) is 12.6 Å². The maximum atomic E-state index is 10.9. The predicted molar refractivity (Wildman–Crippen MR) is 45.3 cm³/mol. The molecule has 0 amide bonds. The summed E-state index contributed by atoms with van der Waals surface area (Å²) < 4.78 is 4.79. The van der Waals surface area contributed by atoms with E-state index in [1.807, 2.05) is 27.7 Å². The van der Waals surface area contributed by atoms with Crippen LogP contribution in [0.3, 0.4) is 0 Å². The Hall–Kier alpha value is -0.790. The second-order valence-corrected chi connectivity index (χ2v) is 2.76. The van der Waals surface area contributed by atoms with Crippen LogP contribution >= 0.6 is 0 Å². The molecule has 0 aromatic heterocycles. The Labute approximate surface area is 68.2 Å². The fourth-order valence-corrected chi connectivity index (χ4v) is 0.605. The van der Waals surface area contributed by atoms with Gasteiger partial charge in [-0.2, -0.15) is 0 Å². The van der Waals surface area contributed by atoms with Gasteiger partial charge in [-0.3, -0.25) is 4.79 Å². The topological polar surface area (TPSA) is 26.3 Å². The van der Waals surface area contributed by atoms with Gasteiger partial charge in [0.1, 0.15) is 0 Å². The van der Waals surface area contributed by atoms with Crippen molar-refractivity contribution in [2.75, 3.05) is 6.61 Å². The van der Waals surface area contributed by atoms with Gasteiger partial charge in [0.25, 0.3) is 0 Å². The molecule has 0 unspecified atom stereocenters. The van der Waals surface area contributed by atoms with Gasteiger partial charge in [0.15, 0.2) is 0 Å². The van der Waals surface area contributed by atoms with Crippen LogP contribution in [0.4, 0.5) is 0 Å². The highest BCUT2D eigenvalue weighted by atomic mass is 16.5. The molecule has 0 saturated carbocycles. The van der Waals surface area contributed by atoms with Crippen molar-refractivity contribution in [2.24, 2.45) is 0 Å². The van der Waals surface area contributed by atoms with E-state index in [0.29, 0.717) is 13.0 Å². The fourth-order valence-electron chi connectivity index (χ4n) is 0.605. The first kappa shape index (κ1) is 10.2. The Balaban J connectivity index is 3.86. The van der Waals surface area contributed by atoms with Crippen LogP contribution in [0.1, 0.15) is 34.1 Å². The minimum atomic E-state index is -0.133. The Bertz CT molecular complexity index is 164. The van der Waals surface area contributed by atoms with Crippen LogP contribution in [0.25, 0.3) is 0 Å². The standard InChI is InChI=1S/C9H16O2/c1-5-11-9(10)6-8(4)7(2)3/h5-6H2,1-4H3. The molecule has 0 aromatic carbocycles. The molecular formula is C9H16O2. The van der Waals surface area contributed by atoms with Gasteiger partial charge in [-0.15, -0.1) is 0 Å². The number of carbonyl (C=O) groups excluding carboxylic acids is 1. The van der Waals surface area contributed by atoms with E-state index in [1.54, 1.807) is 0 Å². The second-order valence-electron chi connectivity index (χ2n) is 2.76. The lowest BCUT2D eigenvalue weighted by atomic mass is 10.1. The number of ether oxygens (including phenoxy) is 1. The molecule has 0 bridgehead atoms. The fraction of sp³-hybridized carbons (Fsp3) is 0.667. The summed E-state index contributed by atoms with van der Waals surface area (Å²) in [6, 6.07) is 0. The maximum Gasteiger partial charge on any atom is 0.309 e. The third-order valence-corrected chi connectivity index (χ3v) is 1.57. The van der Waals surface area contributed by atoms with Crippen LogP contribution in [0, 0.1) is 0 Å². The van der Waals surface area contributed by atoms with Crippen molar-refractivity contribution < 1.29 is 9.53 Å². The van der Waals surface area contributed by atoms with Gasteiger partial charge in [0.2, 0.25) is 0 Å². The van der Waals surface area contributed by atoms with Crippen molar-refractivity contribution in [3.8, 4) is 0 Å². The predicted octanol–water partition coefficient (Wildman–Crippen LogP) is 2.30. The van der Waals surface area contributed by atoms with Gasteiger partial charge < -0.3 is 4.74 Å². The number of carbonyl (C=O) groups is 1. The number of hydrogen-bond acceptors (Lipinski definition) is 2. The number of allylic oxidation sites excluding steroid dienone is 1. The molecule has 0 heterocycles. The molecule has 0 fully saturated rings.